The lowest BCUT2D eigenvalue weighted by Gasteiger charge is -2.27. The fourth-order valence-electron chi connectivity index (χ4n) is 3.18. The number of hydrogen-bond acceptors (Lipinski definition) is 5. The zero-order valence-electron chi connectivity index (χ0n) is 12.8. The molecule has 20 heavy (non-hydrogen) atoms. The number of nitrogens with two attached hydrogens (primary N) is 1. The first-order chi connectivity index (χ1) is 9.61. The molecule has 0 spiro atoms. The van der Waals surface area contributed by atoms with Crippen LogP contribution in [0.3, 0.4) is 0 Å². The number of hydrazine groups is 1. The van der Waals surface area contributed by atoms with E-state index in [4.69, 9.17) is 5.84 Å². The van der Waals surface area contributed by atoms with Gasteiger partial charge in [0, 0.05) is 12.1 Å². The van der Waals surface area contributed by atoms with Crippen molar-refractivity contribution >= 4 is 11.6 Å². The highest BCUT2D eigenvalue weighted by atomic mass is 15.3. The third-order valence-corrected chi connectivity index (χ3v) is 4.20. The molecule has 1 aromatic heterocycles. The summed E-state index contributed by atoms with van der Waals surface area (Å²) in [6.07, 6.45) is 6.93. The van der Waals surface area contributed by atoms with Gasteiger partial charge in [-0.3, -0.25) is 0 Å². The molecule has 1 aliphatic carbocycles. The van der Waals surface area contributed by atoms with Crippen molar-refractivity contribution in [3.05, 3.63) is 11.9 Å². The molecule has 112 valence electrons. The molecule has 0 amide bonds. The molecule has 5 heteroatoms. The molecule has 2 atom stereocenters. The van der Waals surface area contributed by atoms with Gasteiger partial charge in [0.25, 0.3) is 0 Å². The summed E-state index contributed by atoms with van der Waals surface area (Å²) in [7, 11) is 0. The molecule has 1 fully saturated rings. The zero-order valence-corrected chi connectivity index (χ0v) is 12.8. The number of nitrogens with zero attached hydrogens (tertiary/aromatic N) is 2. The first-order valence-corrected chi connectivity index (χ1v) is 7.67. The van der Waals surface area contributed by atoms with E-state index in [1.807, 2.05) is 0 Å². The molecule has 2 unspecified atom stereocenters. The van der Waals surface area contributed by atoms with Crippen LogP contribution in [0.2, 0.25) is 0 Å². The Hall–Kier alpha value is -1.36. The van der Waals surface area contributed by atoms with Crippen LogP contribution in [0.5, 0.6) is 0 Å². The van der Waals surface area contributed by atoms with E-state index >= 15 is 0 Å². The highest BCUT2D eigenvalue weighted by molar-refractivity contribution is 5.58. The van der Waals surface area contributed by atoms with Crippen LogP contribution in [0, 0.1) is 11.8 Å². The topological polar surface area (TPSA) is 75.9 Å². The van der Waals surface area contributed by atoms with Crippen LogP contribution in [0.25, 0.3) is 0 Å². The molecule has 0 bridgehead atoms. The predicted octanol–water partition coefficient (Wildman–Crippen LogP) is 3.12. The average Bonchev–Trinajstić information content (AvgIpc) is 2.44. The van der Waals surface area contributed by atoms with Gasteiger partial charge in [0.15, 0.2) is 0 Å². The maximum Gasteiger partial charge on any atom is 0.148 e. The van der Waals surface area contributed by atoms with E-state index in [-0.39, 0.29) is 0 Å². The molecule has 1 aromatic rings. The van der Waals surface area contributed by atoms with Crippen molar-refractivity contribution in [2.45, 2.75) is 52.4 Å². The summed E-state index contributed by atoms with van der Waals surface area (Å²) in [5, 5.41) is 3.51. The van der Waals surface area contributed by atoms with Crippen LogP contribution in [-0.4, -0.2) is 16.5 Å². The minimum atomic E-state index is 0.329. The monoisotopic (exact) mass is 277 g/mol. The smallest absolute Gasteiger partial charge is 0.148 e. The van der Waals surface area contributed by atoms with Crippen molar-refractivity contribution in [2.24, 2.45) is 17.7 Å². The van der Waals surface area contributed by atoms with Gasteiger partial charge in [-0.1, -0.05) is 33.6 Å². The number of hydrogen-bond donors (Lipinski definition) is 3. The molecule has 0 aliphatic heterocycles. The first-order valence-electron chi connectivity index (χ1n) is 7.67. The van der Waals surface area contributed by atoms with Crippen LogP contribution >= 0.6 is 0 Å². The van der Waals surface area contributed by atoms with Crippen molar-refractivity contribution in [1.82, 2.24) is 9.97 Å². The van der Waals surface area contributed by atoms with Crippen LogP contribution in [0.15, 0.2) is 6.33 Å². The lowest BCUT2D eigenvalue weighted by Crippen LogP contribution is -2.22. The normalized spacial score (nSPS) is 22.9. The second-order valence-corrected chi connectivity index (χ2v) is 6.30. The summed E-state index contributed by atoms with van der Waals surface area (Å²) < 4.78 is 0. The van der Waals surface area contributed by atoms with Crippen LogP contribution in [0.1, 0.15) is 57.9 Å². The fourth-order valence-corrected chi connectivity index (χ4v) is 3.18. The number of nitrogens with one attached hydrogen (secondary N) is 2. The fraction of sp³-hybridized carbons (Fsp3) is 0.733. The molecule has 1 aliphatic rings. The summed E-state index contributed by atoms with van der Waals surface area (Å²) >= 11 is 0. The van der Waals surface area contributed by atoms with E-state index in [1.54, 1.807) is 6.33 Å². The summed E-state index contributed by atoms with van der Waals surface area (Å²) in [4.78, 5) is 8.59. The lowest BCUT2D eigenvalue weighted by molar-refractivity contribution is 0.293. The maximum absolute atomic E-state index is 5.55. The van der Waals surface area contributed by atoms with Gasteiger partial charge in [-0.25, -0.2) is 15.8 Å². The Kier molecular flexibility index (Phi) is 5.17. The van der Waals surface area contributed by atoms with Gasteiger partial charge in [0.2, 0.25) is 0 Å². The van der Waals surface area contributed by atoms with Crippen molar-refractivity contribution in [3.8, 4) is 0 Å². The van der Waals surface area contributed by atoms with Gasteiger partial charge in [-0.15, -0.1) is 0 Å². The molecular formula is C15H27N5. The highest BCUT2D eigenvalue weighted by Crippen LogP contribution is 2.31. The first kappa shape index (κ1) is 15.0. The van der Waals surface area contributed by atoms with E-state index in [0.717, 1.165) is 35.6 Å². The lowest BCUT2D eigenvalue weighted by atomic mass is 9.82. The van der Waals surface area contributed by atoms with Crippen molar-refractivity contribution in [1.29, 1.82) is 0 Å². The van der Waals surface area contributed by atoms with Gasteiger partial charge in [0.05, 0.1) is 0 Å². The standard InChI is InChI=1S/C15H27N5/c1-10(2)13-14(18-9-19-15(13)20-16)17-8-12-6-4-5-11(3)7-12/h9-12H,4-8,16H2,1-3H3,(H2,17,18,19,20). The molecule has 0 saturated heterocycles. The number of rotatable bonds is 5. The molecule has 4 N–H and O–H groups in total. The highest BCUT2D eigenvalue weighted by Gasteiger charge is 2.20. The Bertz CT molecular complexity index is 432. The SMILES string of the molecule is CC1CCCC(CNc2ncnc(NN)c2C(C)C)C1. The third-order valence-electron chi connectivity index (χ3n) is 4.20. The van der Waals surface area contributed by atoms with Crippen molar-refractivity contribution in [3.63, 3.8) is 0 Å². The molecule has 2 rings (SSSR count). The van der Waals surface area contributed by atoms with Gasteiger partial charge in [-0.2, -0.15) is 0 Å². The number of anilines is 2. The summed E-state index contributed by atoms with van der Waals surface area (Å²) in [5.74, 6) is 9.12. The van der Waals surface area contributed by atoms with Gasteiger partial charge in [0.1, 0.15) is 18.0 Å². The molecule has 1 heterocycles. The Morgan fingerprint density at radius 1 is 1.30 bits per heavy atom. The molecule has 5 nitrogen and oxygen atoms in total. The number of nitrogen functional groups attached to an aromatic ring is 1. The molecule has 0 radical (unpaired) electrons. The van der Waals surface area contributed by atoms with Crippen LogP contribution < -0.4 is 16.6 Å². The zero-order chi connectivity index (χ0) is 14.5. The Balaban J connectivity index is 2.05. The van der Waals surface area contributed by atoms with Gasteiger partial charge >= 0.3 is 0 Å². The Morgan fingerprint density at radius 3 is 2.70 bits per heavy atom. The number of aromatic nitrogens is 2. The summed E-state index contributed by atoms with van der Waals surface area (Å²) in [5.41, 5.74) is 3.74. The Labute approximate surface area is 121 Å². The minimum Gasteiger partial charge on any atom is -0.369 e. The molecule has 0 aromatic carbocycles. The van der Waals surface area contributed by atoms with Gasteiger partial charge in [-0.05, 0) is 30.6 Å². The third kappa shape index (κ3) is 3.60. The summed E-state index contributed by atoms with van der Waals surface area (Å²) in [6.45, 7) is 7.61. The van der Waals surface area contributed by atoms with E-state index in [0.29, 0.717) is 5.92 Å². The summed E-state index contributed by atoms with van der Waals surface area (Å²) in [6, 6.07) is 0. The van der Waals surface area contributed by atoms with Crippen LogP contribution in [-0.2, 0) is 0 Å². The van der Waals surface area contributed by atoms with Crippen molar-refractivity contribution in [2.75, 3.05) is 17.3 Å². The quantitative estimate of drug-likeness (QED) is 0.569. The van der Waals surface area contributed by atoms with E-state index in [1.165, 1.54) is 25.7 Å². The maximum atomic E-state index is 5.55. The Morgan fingerprint density at radius 2 is 2.05 bits per heavy atom. The van der Waals surface area contributed by atoms with Gasteiger partial charge < -0.3 is 10.7 Å². The molecule has 1 saturated carbocycles. The predicted molar refractivity (Wildman–Crippen MR) is 83.5 cm³/mol. The van der Waals surface area contributed by atoms with E-state index in [9.17, 15) is 0 Å². The second kappa shape index (κ2) is 6.88. The molecular weight excluding hydrogens is 250 g/mol. The minimum absolute atomic E-state index is 0.329. The second-order valence-electron chi connectivity index (χ2n) is 6.30. The van der Waals surface area contributed by atoms with Crippen LogP contribution in [0.4, 0.5) is 11.6 Å². The largest absolute Gasteiger partial charge is 0.369 e. The van der Waals surface area contributed by atoms with E-state index < -0.39 is 0 Å². The van der Waals surface area contributed by atoms with E-state index in [2.05, 4.69) is 41.5 Å². The van der Waals surface area contributed by atoms with Crippen molar-refractivity contribution < 1.29 is 0 Å². The average molecular weight is 277 g/mol.